The van der Waals surface area contributed by atoms with Crippen LogP contribution in [-0.2, 0) is 4.74 Å². The maximum Gasteiger partial charge on any atom is 0.272 e. The predicted octanol–water partition coefficient (Wildman–Crippen LogP) is 1.52. The topological polar surface area (TPSA) is 54.5 Å². The summed E-state index contributed by atoms with van der Waals surface area (Å²) in [5.41, 5.74) is 1.46. The van der Waals surface area contributed by atoms with E-state index in [0.717, 1.165) is 25.1 Å². The highest BCUT2D eigenvalue weighted by Gasteiger charge is 2.36. The number of carbonyl (C=O) groups is 1. The Morgan fingerprint density at radius 2 is 2.21 bits per heavy atom. The summed E-state index contributed by atoms with van der Waals surface area (Å²) in [6.45, 7) is 4.26. The van der Waals surface area contributed by atoms with Gasteiger partial charge in [0.05, 0.1) is 12.2 Å². The number of hydrogen-bond acceptors (Lipinski definition) is 4. The Bertz CT molecular complexity index is 466. The van der Waals surface area contributed by atoms with E-state index in [0.29, 0.717) is 18.8 Å². The van der Waals surface area contributed by atoms with Crippen LogP contribution in [0.15, 0.2) is 18.3 Å². The fraction of sp³-hybridized carbons (Fsp3) is 0.571. The molecule has 2 aliphatic heterocycles. The van der Waals surface area contributed by atoms with Crippen LogP contribution in [0.3, 0.4) is 0 Å². The van der Waals surface area contributed by atoms with Crippen molar-refractivity contribution in [1.29, 1.82) is 0 Å². The summed E-state index contributed by atoms with van der Waals surface area (Å²) in [7, 11) is 0. The van der Waals surface area contributed by atoms with Crippen LogP contribution in [-0.4, -0.2) is 47.6 Å². The number of amides is 1. The first-order valence-corrected chi connectivity index (χ1v) is 6.91. The number of nitrogens with one attached hydrogen (secondary N) is 1. The second-order valence-corrected chi connectivity index (χ2v) is 5.13. The average Bonchev–Trinajstić information content (AvgIpc) is 2.77. The summed E-state index contributed by atoms with van der Waals surface area (Å²) in [6.07, 6.45) is 4.26. The molecule has 3 rings (SSSR count). The van der Waals surface area contributed by atoms with Gasteiger partial charge in [0.1, 0.15) is 5.69 Å². The third kappa shape index (κ3) is 2.56. The second-order valence-electron chi connectivity index (χ2n) is 5.13. The Balaban J connectivity index is 1.74. The molecular formula is C14H19N3O2. The minimum atomic E-state index is 0.0138. The molecule has 1 N–H and O–H groups in total. The Morgan fingerprint density at radius 3 is 2.89 bits per heavy atom. The summed E-state index contributed by atoms with van der Waals surface area (Å²) >= 11 is 0. The number of hydrogen-bond donors (Lipinski definition) is 1. The highest BCUT2D eigenvalue weighted by Crippen LogP contribution is 2.27. The molecule has 0 aliphatic carbocycles. The van der Waals surface area contributed by atoms with Crippen molar-refractivity contribution in [3.8, 4) is 0 Å². The van der Waals surface area contributed by atoms with Gasteiger partial charge in [-0.25, -0.2) is 0 Å². The highest BCUT2D eigenvalue weighted by molar-refractivity contribution is 5.93. The predicted molar refractivity (Wildman–Crippen MR) is 72.2 cm³/mol. The SMILES string of the molecule is CCNc1ccnc(C(=O)N2CC3CCC(C2)O3)c1. The number of anilines is 1. The lowest BCUT2D eigenvalue weighted by Gasteiger charge is -2.31. The number of likely N-dealkylation sites (tertiary alicyclic amines) is 1. The molecule has 2 saturated heterocycles. The van der Waals surface area contributed by atoms with E-state index in [2.05, 4.69) is 10.3 Å². The molecular weight excluding hydrogens is 242 g/mol. The Labute approximate surface area is 113 Å². The van der Waals surface area contributed by atoms with Crippen LogP contribution in [0.4, 0.5) is 5.69 Å². The summed E-state index contributed by atoms with van der Waals surface area (Å²) in [5, 5.41) is 3.20. The molecule has 102 valence electrons. The van der Waals surface area contributed by atoms with Gasteiger partial charge in [-0.15, -0.1) is 0 Å². The minimum Gasteiger partial charge on any atom is -0.385 e. The van der Waals surface area contributed by atoms with Crippen LogP contribution in [0.5, 0.6) is 0 Å². The zero-order chi connectivity index (χ0) is 13.2. The quantitative estimate of drug-likeness (QED) is 0.896. The van der Waals surface area contributed by atoms with Crippen LogP contribution in [0.1, 0.15) is 30.3 Å². The van der Waals surface area contributed by atoms with Gasteiger partial charge in [-0.1, -0.05) is 0 Å². The first-order chi connectivity index (χ1) is 9.26. The van der Waals surface area contributed by atoms with E-state index in [4.69, 9.17) is 4.74 Å². The maximum absolute atomic E-state index is 12.5. The molecule has 2 aliphatic rings. The van der Waals surface area contributed by atoms with Crippen molar-refractivity contribution in [3.05, 3.63) is 24.0 Å². The van der Waals surface area contributed by atoms with Gasteiger partial charge in [0.25, 0.3) is 5.91 Å². The number of aromatic nitrogens is 1. The molecule has 19 heavy (non-hydrogen) atoms. The summed E-state index contributed by atoms with van der Waals surface area (Å²) in [5.74, 6) is 0.0138. The standard InChI is InChI=1S/C14H19N3O2/c1-2-15-10-5-6-16-13(7-10)14(18)17-8-11-3-4-12(9-17)19-11/h5-7,11-12H,2-4,8-9H2,1H3,(H,15,16). The van der Waals surface area contributed by atoms with E-state index in [1.807, 2.05) is 24.0 Å². The third-order valence-corrected chi connectivity index (χ3v) is 3.69. The van der Waals surface area contributed by atoms with E-state index in [1.54, 1.807) is 6.20 Å². The van der Waals surface area contributed by atoms with Gasteiger partial charge in [0.15, 0.2) is 0 Å². The number of ether oxygens (including phenoxy) is 1. The molecule has 2 atom stereocenters. The molecule has 0 aromatic carbocycles. The van der Waals surface area contributed by atoms with E-state index in [9.17, 15) is 4.79 Å². The number of fused-ring (bicyclic) bond motifs is 2. The van der Waals surface area contributed by atoms with Crippen LogP contribution in [0.2, 0.25) is 0 Å². The molecule has 1 amide bonds. The molecule has 2 unspecified atom stereocenters. The van der Waals surface area contributed by atoms with Crippen molar-refractivity contribution in [1.82, 2.24) is 9.88 Å². The molecule has 5 heteroatoms. The largest absolute Gasteiger partial charge is 0.385 e. The van der Waals surface area contributed by atoms with Crippen molar-refractivity contribution >= 4 is 11.6 Å². The Hall–Kier alpha value is -1.62. The average molecular weight is 261 g/mol. The van der Waals surface area contributed by atoms with Crippen molar-refractivity contribution < 1.29 is 9.53 Å². The smallest absolute Gasteiger partial charge is 0.272 e. The van der Waals surface area contributed by atoms with E-state index >= 15 is 0 Å². The summed E-state index contributed by atoms with van der Waals surface area (Å²) in [6, 6.07) is 3.70. The van der Waals surface area contributed by atoms with Crippen LogP contribution >= 0.6 is 0 Å². The lowest BCUT2D eigenvalue weighted by molar-refractivity contribution is -0.0305. The van der Waals surface area contributed by atoms with E-state index in [1.165, 1.54) is 0 Å². The van der Waals surface area contributed by atoms with Gasteiger partial charge in [-0.3, -0.25) is 9.78 Å². The van der Waals surface area contributed by atoms with Gasteiger partial charge in [0.2, 0.25) is 0 Å². The van der Waals surface area contributed by atoms with Crippen molar-refractivity contribution in [3.63, 3.8) is 0 Å². The van der Waals surface area contributed by atoms with Crippen LogP contribution < -0.4 is 5.32 Å². The van der Waals surface area contributed by atoms with Crippen molar-refractivity contribution in [2.75, 3.05) is 25.0 Å². The van der Waals surface area contributed by atoms with Gasteiger partial charge in [-0.05, 0) is 31.9 Å². The summed E-state index contributed by atoms with van der Waals surface area (Å²) in [4.78, 5) is 18.5. The highest BCUT2D eigenvalue weighted by atomic mass is 16.5. The molecule has 0 spiro atoms. The zero-order valence-corrected chi connectivity index (χ0v) is 11.1. The number of carbonyl (C=O) groups excluding carboxylic acids is 1. The maximum atomic E-state index is 12.5. The van der Waals surface area contributed by atoms with Gasteiger partial charge in [-0.2, -0.15) is 0 Å². The third-order valence-electron chi connectivity index (χ3n) is 3.69. The lowest BCUT2D eigenvalue weighted by atomic mass is 10.2. The lowest BCUT2D eigenvalue weighted by Crippen LogP contribution is -2.46. The Kier molecular flexibility index (Phi) is 3.38. The monoisotopic (exact) mass is 261 g/mol. The van der Waals surface area contributed by atoms with E-state index in [-0.39, 0.29) is 18.1 Å². The van der Waals surface area contributed by atoms with Gasteiger partial charge >= 0.3 is 0 Å². The van der Waals surface area contributed by atoms with Gasteiger partial charge < -0.3 is 15.0 Å². The van der Waals surface area contributed by atoms with Crippen LogP contribution in [0, 0.1) is 0 Å². The molecule has 5 nitrogen and oxygen atoms in total. The molecule has 2 bridgehead atoms. The Morgan fingerprint density at radius 1 is 1.47 bits per heavy atom. The van der Waals surface area contributed by atoms with Gasteiger partial charge in [0, 0.05) is 31.5 Å². The number of morpholine rings is 1. The second kappa shape index (κ2) is 5.17. The van der Waals surface area contributed by atoms with Crippen LogP contribution in [0.25, 0.3) is 0 Å². The zero-order valence-electron chi connectivity index (χ0n) is 11.1. The molecule has 1 aromatic heterocycles. The molecule has 2 fully saturated rings. The molecule has 1 aromatic rings. The number of rotatable bonds is 3. The first kappa shape index (κ1) is 12.4. The first-order valence-electron chi connectivity index (χ1n) is 6.91. The normalized spacial score (nSPS) is 25.4. The minimum absolute atomic E-state index is 0.0138. The molecule has 3 heterocycles. The fourth-order valence-corrected chi connectivity index (χ4v) is 2.80. The number of pyridine rings is 1. The van der Waals surface area contributed by atoms with Crippen molar-refractivity contribution in [2.24, 2.45) is 0 Å². The number of nitrogens with zero attached hydrogens (tertiary/aromatic N) is 2. The molecule has 0 saturated carbocycles. The fourth-order valence-electron chi connectivity index (χ4n) is 2.80. The van der Waals surface area contributed by atoms with E-state index < -0.39 is 0 Å². The molecule has 0 radical (unpaired) electrons. The van der Waals surface area contributed by atoms with Crippen molar-refractivity contribution in [2.45, 2.75) is 32.0 Å². The summed E-state index contributed by atoms with van der Waals surface area (Å²) < 4.78 is 5.75.